The van der Waals surface area contributed by atoms with E-state index in [2.05, 4.69) is 6.92 Å². The number of phenolic OH excluding ortho intramolecular Hbond substituents is 2. The Balaban J connectivity index is 2.52. The molecule has 0 atom stereocenters. The second-order valence-electron chi connectivity index (χ2n) is 4.99. The van der Waals surface area contributed by atoms with Gasteiger partial charge in [-0.1, -0.05) is 45.4 Å². The first-order valence-corrected chi connectivity index (χ1v) is 7.07. The maximum atomic E-state index is 13.5. The topological polar surface area (TPSA) is 40.5 Å². The SMILES string of the molecule is CCCCCCCCCc1c(O)c(O)c(F)c(F)c1F. The predicted molar refractivity (Wildman–Crippen MR) is 71.3 cm³/mol. The molecule has 114 valence electrons. The number of halogens is 3. The van der Waals surface area contributed by atoms with Crippen molar-refractivity contribution in [2.75, 3.05) is 0 Å². The third-order valence-corrected chi connectivity index (χ3v) is 3.40. The molecule has 1 rings (SSSR count). The lowest BCUT2D eigenvalue weighted by atomic mass is 10.0. The lowest BCUT2D eigenvalue weighted by Crippen LogP contribution is -2.00. The minimum Gasteiger partial charge on any atom is -0.504 e. The summed E-state index contributed by atoms with van der Waals surface area (Å²) in [7, 11) is 0. The lowest BCUT2D eigenvalue weighted by Gasteiger charge is -2.09. The molecule has 0 aliphatic rings. The monoisotopic (exact) mass is 290 g/mol. The number of phenols is 2. The van der Waals surface area contributed by atoms with Gasteiger partial charge in [-0.15, -0.1) is 0 Å². The normalized spacial score (nSPS) is 11.0. The second-order valence-corrected chi connectivity index (χ2v) is 4.99. The van der Waals surface area contributed by atoms with Crippen LogP contribution in [-0.4, -0.2) is 10.2 Å². The molecule has 0 unspecified atom stereocenters. The van der Waals surface area contributed by atoms with Gasteiger partial charge in [-0.3, -0.25) is 0 Å². The molecule has 0 aromatic heterocycles. The van der Waals surface area contributed by atoms with Gasteiger partial charge in [0.05, 0.1) is 0 Å². The third kappa shape index (κ3) is 4.05. The number of unbranched alkanes of at least 4 members (excludes halogenated alkanes) is 6. The Kier molecular flexibility index (Phi) is 6.68. The van der Waals surface area contributed by atoms with E-state index in [4.69, 9.17) is 5.11 Å². The molecule has 0 aliphatic heterocycles. The molecule has 0 fully saturated rings. The van der Waals surface area contributed by atoms with Crippen LogP contribution in [0.4, 0.5) is 13.2 Å². The van der Waals surface area contributed by atoms with Crippen molar-refractivity contribution in [1.82, 2.24) is 0 Å². The highest BCUT2D eigenvalue weighted by Crippen LogP contribution is 2.36. The van der Waals surface area contributed by atoms with Gasteiger partial charge in [0.25, 0.3) is 0 Å². The average Bonchev–Trinajstić information content (AvgIpc) is 2.45. The van der Waals surface area contributed by atoms with Crippen molar-refractivity contribution in [2.45, 2.75) is 58.3 Å². The Bertz CT molecular complexity index is 418. The Morgan fingerprint density at radius 2 is 1.25 bits per heavy atom. The molecule has 0 aliphatic carbocycles. The molecule has 5 heteroatoms. The zero-order valence-corrected chi connectivity index (χ0v) is 11.7. The van der Waals surface area contributed by atoms with Crippen molar-refractivity contribution in [2.24, 2.45) is 0 Å². The van der Waals surface area contributed by atoms with Gasteiger partial charge in [0.15, 0.2) is 23.1 Å². The van der Waals surface area contributed by atoms with Crippen LogP contribution in [0.1, 0.15) is 57.4 Å². The van der Waals surface area contributed by atoms with Crippen LogP contribution in [0.3, 0.4) is 0 Å². The van der Waals surface area contributed by atoms with E-state index in [-0.39, 0.29) is 12.0 Å². The van der Waals surface area contributed by atoms with Gasteiger partial charge in [0, 0.05) is 5.56 Å². The zero-order valence-electron chi connectivity index (χ0n) is 11.7. The fourth-order valence-corrected chi connectivity index (χ4v) is 2.17. The molecule has 2 nitrogen and oxygen atoms in total. The van der Waals surface area contributed by atoms with Crippen molar-refractivity contribution < 1.29 is 23.4 Å². The van der Waals surface area contributed by atoms with Crippen LogP contribution in [0, 0.1) is 17.5 Å². The molecule has 0 amide bonds. The summed E-state index contributed by atoms with van der Waals surface area (Å²) >= 11 is 0. The summed E-state index contributed by atoms with van der Waals surface area (Å²) in [6, 6.07) is 0. The number of rotatable bonds is 8. The zero-order chi connectivity index (χ0) is 15.1. The van der Waals surface area contributed by atoms with Crippen molar-refractivity contribution >= 4 is 0 Å². The summed E-state index contributed by atoms with van der Waals surface area (Å²) < 4.78 is 39.6. The highest BCUT2D eigenvalue weighted by molar-refractivity contribution is 5.47. The second kappa shape index (κ2) is 8.02. The Labute approximate surface area is 117 Å². The fourth-order valence-electron chi connectivity index (χ4n) is 2.17. The van der Waals surface area contributed by atoms with Crippen LogP contribution in [0.2, 0.25) is 0 Å². The first-order chi connectivity index (χ1) is 9.50. The van der Waals surface area contributed by atoms with Crippen LogP contribution in [0.5, 0.6) is 11.5 Å². The Morgan fingerprint density at radius 1 is 0.700 bits per heavy atom. The number of hydrogen-bond acceptors (Lipinski definition) is 2. The average molecular weight is 290 g/mol. The Morgan fingerprint density at radius 3 is 1.85 bits per heavy atom. The molecule has 2 N–H and O–H groups in total. The van der Waals surface area contributed by atoms with E-state index in [1.807, 2.05) is 0 Å². The van der Waals surface area contributed by atoms with Crippen molar-refractivity contribution in [3.8, 4) is 11.5 Å². The standard InChI is InChI=1S/C15H21F3O2/c1-2-3-4-5-6-7-8-9-10-11(16)12(17)13(18)15(20)14(10)19/h19-20H,2-9H2,1H3. The molecule has 0 spiro atoms. The predicted octanol–water partition coefficient (Wildman–Crippen LogP) is 4.81. The van der Waals surface area contributed by atoms with Gasteiger partial charge in [-0.25, -0.2) is 8.78 Å². The van der Waals surface area contributed by atoms with Gasteiger partial charge < -0.3 is 10.2 Å². The minimum absolute atomic E-state index is 0.0796. The molecule has 20 heavy (non-hydrogen) atoms. The van der Waals surface area contributed by atoms with Gasteiger partial charge in [0.1, 0.15) is 0 Å². The van der Waals surface area contributed by atoms with Crippen molar-refractivity contribution in [3.63, 3.8) is 0 Å². The van der Waals surface area contributed by atoms with E-state index in [1.165, 1.54) is 6.42 Å². The first-order valence-electron chi connectivity index (χ1n) is 7.07. The molecule has 1 aromatic carbocycles. The van der Waals surface area contributed by atoms with Crippen LogP contribution >= 0.6 is 0 Å². The molecular formula is C15H21F3O2. The van der Waals surface area contributed by atoms with E-state index in [1.54, 1.807) is 0 Å². The lowest BCUT2D eigenvalue weighted by molar-refractivity contribution is 0.342. The summed E-state index contributed by atoms with van der Waals surface area (Å²) in [5.41, 5.74) is -0.352. The molecule has 0 radical (unpaired) electrons. The van der Waals surface area contributed by atoms with Gasteiger partial charge in [-0.2, -0.15) is 4.39 Å². The maximum Gasteiger partial charge on any atom is 0.207 e. The van der Waals surface area contributed by atoms with E-state index >= 15 is 0 Å². The molecule has 0 heterocycles. The number of benzene rings is 1. The number of aromatic hydroxyl groups is 2. The van der Waals surface area contributed by atoms with E-state index in [0.717, 1.165) is 32.1 Å². The summed E-state index contributed by atoms with van der Waals surface area (Å²) in [6.07, 6.45) is 7.03. The summed E-state index contributed by atoms with van der Waals surface area (Å²) in [4.78, 5) is 0. The summed E-state index contributed by atoms with van der Waals surface area (Å²) in [5, 5.41) is 18.6. The Hall–Kier alpha value is -1.39. The van der Waals surface area contributed by atoms with Gasteiger partial charge >= 0.3 is 0 Å². The van der Waals surface area contributed by atoms with Gasteiger partial charge in [0.2, 0.25) is 5.82 Å². The number of hydrogen-bond donors (Lipinski definition) is 2. The van der Waals surface area contributed by atoms with Crippen LogP contribution in [-0.2, 0) is 6.42 Å². The molecular weight excluding hydrogens is 269 g/mol. The van der Waals surface area contributed by atoms with Crippen LogP contribution < -0.4 is 0 Å². The molecule has 0 saturated heterocycles. The molecule has 1 aromatic rings. The van der Waals surface area contributed by atoms with Crippen molar-refractivity contribution in [3.05, 3.63) is 23.0 Å². The van der Waals surface area contributed by atoms with Crippen LogP contribution in [0.25, 0.3) is 0 Å². The third-order valence-electron chi connectivity index (χ3n) is 3.40. The van der Waals surface area contributed by atoms with E-state index in [9.17, 15) is 18.3 Å². The largest absolute Gasteiger partial charge is 0.504 e. The molecule has 0 saturated carbocycles. The minimum atomic E-state index is -1.75. The highest BCUT2D eigenvalue weighted by Gasteiger charge is 2.23. The maximum absolute atomic E-state index is 13.5. The quantitative estimate of drug-likeness (QED) is 0.410. The summed E-state index contributed by atoms with van der Waals surface area (Å²) in [5.74, 6) is -7.01. The fraction of sp³-hybridized carbons (Fsp3) is 0.600. The van der Waals surface area contributed by atoms with Crippen LogP contribution in [0.15, 0.2) is 0 Å². The molecule has 0 bridgehead atoms. The smallest absolute Gasteiger partial charge is 0.207 e. The van der Waals surface area contributed by atoms with E-state index < -0.39 is 29.0 Å². The van der Waals surface area contributed by atoms with E-state index in [0.29, 0.717) is 6.42 Å². The highest BCUT2D eigenvalue weighted by atomic mass is 19.2. The first kappa shape index (κ1) is 16.7. The van der Waals surface area contributed by atoms with Gasteiger partial charge in [-0.05, 0) is 12.8 Å². The van der Waals surface area contributed by atoms with Crippen molar-refractivity contribution in [1.29, 1.82) is 0 Å². The summed E-state index contributed by atoms with van der Waals surface area (Å²) in [6.45, 7) is 2.13.